The Balaban J connectivity index is 1.04. The van der Waals surface area contributed by atoms with Crippen molar-refractivity contribution in [3.8, 4) is 16.8 Å². The third-order valence-electron chi connectivity index (χ3n) is 10.4. The topological polar surface area (TPSA) is 42.5 Å². The first-order valence-corrected chi connectivity index (χ1v) is 19.3. The van der Waals surface area contributed by atoms with Gasteiger partial charge in [0, 0.05) is 22.5 Å². The number of amidine groups is 1. The highest BCUT2D eigenvalue weighted by Crippen LogP contribution is 2.37. The van der Waals surface area contributed by atoms with E-state index in [2.05, 4.69) is 157 Å². The monoisotopic (exact) mass is 732 g/mol. The lowest BCUT2D eigenvalue weighted by atomic mass is 9.90. The highest BCUT2D eigenvalue weighted by molar-refractivity contribution is 6.12. The Hall–Kier alpha value is -7.43. The zero-order valence-electron chi connectivity index (χ0n) is 31.8. The molecule has 0 unspecified atom stereocenters. The number of hydrogen-bond acceptors (Lipinski definition) is 2. The number of hydrogen-bond donors (Lipinski definition) is 0. The Morgan fingerprint density at radius 3 is 1.91 bits per heavy atom. The van der Waals surface area contributed by atoms with Gasteiger partial charge >= 0.3 is 0 Å². The minimum atomic E-state index is 0.629. The van der Waals surface area contributed by atoms with E-state index in [1.54, 1.807) is 0 Å². The van der Waals surface area contributed by atoms with Crippen LogP contribution in [0.3, 0.4) is 0 Å². The molecule has 0 saturated carbocycles. The number of imidazole rings is 1. The number of aromatic nitrogens is 2. The molecule has 0 spiro atoms. The first-order chi connectivity index (χ1) is 28.1. The van der Waals surface area contributed by atoms with Crippen LogP contribution in [-0.2, 0) is 0 Å². The number of allylic oxidation sites excluding steroid dienone is 6. The molecule has 0 fully saturated rings. The fourth-order valence-electron chi connectivity index (χ4n) is 7.55. The van der Waals surface area contributed by atoms with Crippen LogP contribution in [0.15, 0.2) is 217 Å². The summed E-state index contributed by atoms with van der Waals surface area (Å²) in [6.07, 6.45) is 9.85. The van der Waals surface area contributed by atoms with Gasteiger partial charge < -0.3 is 0 Å². The molecule has 0 bridgehead atoms. The summed E-state index contributed by atoms with van der Waals surface area (Å²) >= 11 is 0. The van der Waals surface area contributed by atoms with Gasteiger partial charge in [0.05, 0.1) is 16.7 Å². The largest absolute Gasteiger partial charge is 0.292 e. The predicted molar refractivity (Wildman–Crippen MR) is 241 cm³/mol. The fraction of sp³-hybridized carbons (Fsp3) is 0.0377. The number of para-hydroxylation sites is 3. The van der Waals surface area contributed by atoms with Crippen molar-refractivity contribution in [2.75, 3.05) is 0 Å². The van der Waals surface area contributed by atoms with Crippen LogP contribution in [0.5, 0.6) is 0 Å². The van der Waals surface area contributed by atoms with E-state index in [-0.39, 0.29) is 0 Å². The van der Waals surface area contributed by atoms with Gasteiger partial charge in [-0.3, -0.25) is 4.57 Å². The minimum Gasteiger partial charge on any atom is -0.292 e. The van der Waals surface area contributed by atoms with Gasteiger partial charge in [-0.05, 0) is 81.8 Å². The summed E-state index contributed by atoms with van der Waals surface area (Å²) in [5.41, 5.74) is 13.4. The van der Waals surface area contributed by atoms with Crippen molar-refractivity contribution in [1.29, 1.82) is 0 Å². The van der Waals surface area contributed by atoms with Gasteiger partial charge in [0.2, 0.25) is 0 Å². The van der Waals surface area contributed by atoms with Crippen LogP contribution in [0.4, 0.5) is 0 Å². The third kappa shape index (κ3) is 7.25. The summed E-state index contributed by atoms with van der Waals surface area (Å²) in [5.74, 6) is 1.57. The Morgan fingerprint density at radius 1 is 0.561 bits per heavy atom. The van der Waals surface area contributed by atoms with E-state index >= 15 is 0 Å². The summed E-state index contributed by atoms with van der Waals surface area (Å²) in [6, 6.07) is 60.8. The van der Waals surface area contributed by atoms with E-state index in [0.717, 1.165) is 62.5 Å². The van der Waals surface area contributed by atoms with Crippen molar-refractivity contribution >= 4 is 50.2 Å². The van der Waals surface area contributed by atoms with Crippen LogP contribution < -0.4 is 0 Å². The van der Waals surface area contributed by atoms with E-state index < -0.39 is 0 Å². The molecule has 0 saturated heterocycles. The molecule has 7 aromatic carbocycles. The zero-order chi connectivity index (χ0) is 38.6. The summed E-state index contributed by atoms with van der Waals surface area (Å²) in [6.45, 7) is 6.40. The molecule has 1 aromatic heterocycles. The average molecular weight is 733 g/mol. The summed E-state index contributed by atoms with van der Waals surface area (Å²) in [5, 5.41) is 2.41. The third-order valence-corrected chi connectivity index (χ3v) is 10.4. The smallest absolute Gasteiger partial charge is 0.160 e. The molecule has 0 atom stereocenters. The molecule has 0 N–H and O–H groups in total. The molecule has 272 valence electrons. The lowest BCUT2D eigenvalue weighted by Gasteiger charge is -2.14. The maximum absolute atomic E-state index is 5.13. The highest BCUT2D eigenvalue weighted by atomic mass is 15.1. The summed E-state index contributed by atoms with van der Waals surface area (Å²) in [4.78, 5) is 15.1. The highest BCUT2D eigenvalue weighted by Gasteiger charge is 2.17. The minimum absolute atomic E-state index is 0.629. The fourth-order valence-corrected chi connectivity index (χ4v) is 7.55. The van der Waals surface area contributed by atoms with E-state index in [1.807, 2.05) is 61.5 Å². The van der Waals surface area contributed by atoms with Crippen LogP contribution in [0.2, 0.25) is 0 Å². The first-order valence-electron chi connectivity index (χ1n) is 19.3. The van der Waals surface area contributed by atoms with Crippen LogP contribution >= 0.6 is 0 Å². The van der Waals surface area contributed by atoms with E-state index in [4.69, 9.17) is 15.0 Å². The normalized spacial score (nSPS) is 13.4. The Bertz CT molecular complexity index is 2900. The van der Waals surface area contributed by atoms with Gasteiger partial charge in [-0.1, -0.05) is 183 Å². The van der Waals surface area contributed by atoms with Crippen LogP contribution in [0, 0.1) is 0 Å². The number of nitrogens with zero attached hydrogens (tertiary/aromatic N) is 4. The average Bonchev–Trinajstić information content (AvgIpc) is 3.49. The van der Waals surface area contributed by atoms with Gasteiger partial charge in [-0.25, -0.2) is 15.0 Å². The second-order valence-corrected chi connectivity index (χ2v) is 14.1. The molecule has 8 aromatic rings. The lowest BCUT2D eigenvalue weighted by Crippen LogP contribution is -2.04. The van der Waals surface area contributed by atoms with E-state index in [0.29, 0.717) is 11.5 Å². The molecular formula is C53H40N4. The van der Waals surface area contributed by atoms with Gasteiger partial charge in [0.25, 0.3) is 0 Å². The van der Waals surface area contributed by atoms with Crippen LogP contribution in [0.1, 0.15) is 41.4 Å². The van der Waals surface area contributed by atoms with Crippen molar-refractivity contribution < 1.29 is 0 Å². The summed E-state index contributed by atoms with van der Waals surface area (Å²) < 4.78 is 2.26. The molecular weight excluding hydrogens is 693 g/mol. The van der Waals surface area contributed by atoms with Crippen molar-refractivity contribution in [3.05, 3.63) is 235 Å². The number of fused-ring (bicyclic) bond motifs is 2. The van der Waals surface area contributed by atoms with Crippen molar-refractivity contribution in [1.82, 2.24) is 9.55 Å². The second-order valence-electron chi connectivity index (χ2n) is 14.1. The number of rotatable bonds is 8. The molecule has 1 aliphatic carbocycles. The molecule has 1 heterocycles. The molecule has 4 nitrogen and oxygen atoms in total. The van der Waals surface area contributed by atoms with Gasteiger partial charge in [0.1, 0.15) is 5.82 Å². The maximum atomic E-state index is 5.13. The quantitative estimate of drug-likeness (QED) is 0.113. The van der Waals surface area contributed by atoms with Gasteiger partial charge in [-0.2, -0.15) is 0 Å². The summed E-state index contributed by atoms with van der Waals surface area (Å²) in [7, 11) is 0. The number of aliphatic imine (C=N–C) groups is 2. The van der Waals surface area contributed by atoms with Crippen molar-refractivity contribution in [3.63, 3.8) is 0 Å². The Morgan fingerprint density at radius 2 is 1.18 bits per heavy atom. The SMILES string of the molecule is C=C(/N=C(\N=C(/C)c1ccccc1)c1ccccc1)c1ccc(-c2cccc3cccc(C4=CCC=C(c5nc6ccccc6n5-c5ccccc5)C=C4)c23)cc1. The van der Waals surface area contributed by atoms with Crippen molar-refractivity contribution in [2.45, 2.75) is 13.3 Å². The maximum Gasteiger partial charge on any atom is 0.160 e. The van der Waals surface area contributed by atoms with Crippen LogP contribution in [0.25, 0.3) is 55.5 Å². The lowest BCUT2D eigenvalue weighted by molar-refractivity contribution is 1.05. The molecule has 0 radical (unpaired) electrons. The molecule has 4 heteroatoms. The van der Waals surface area contributed by atoms with Gasteiger partial charge in [0.15, 0.2) is 5.84 Å². The van der Waals surface area contributed by atoms with Crippen LogP contribution in [-0.4, -0.2) is 21.1 Å². The Kier molecular flexibility index (Phi) is 9.74. The Labute approximate surface area is 333 Å². The van der Waals surface area contributed by atoms with Gasteiger partial charge in [-0.15, -0.1) is 0 Å². The predicted octanol–water partition coefficient (Wildman–Crippen LogP) is 13.2. The molecule has 57 heavy (non-hydrogen) atoms. The van der Waals surface area contributed by atoms with Crippen molar-refractivity contribution in [2.24, 2.45) is 9.98 Å². The second kappa shape index (κ2) is 15.7. The molecule has 9 rings (SSSR count). The standard InChI is InChI=1S/C53H40N4/c1-37(39-17-6-3-7-18-39)54-52(44-19-8-4-9-20-44)55-38(2)40-31-33-42(34-32-40)48-28-16-23-43-22-15-27-47(51(43)48)41-21-14-24-45(36-35-41)53-56-49-29-12-13-30-50(49)57(53)46-25-10-5-11-26-46/h3-13,15-36H,2,14H2,1H3/b54-37+,55-52-. The molecule has 1 aliphatic rings. The number of benzene rings is 7. The first kappa shape index (κ1) is 35.3. The molecule has 0 aliphatic heterocycles. The molecule has 0 amide bonds. The zero-order valence-corrected chi connectivity index (χ0v) is 31.8. The van der Waals surface area contributed by atoms with E-state index in [1.165, 1.54) is 27.5 Å². The van der Waals surface area contributed by atoms with E-state index in [9.17, 15) is 0 Å².